The standard InChI is InChI=1S/C39H23NS/c1-2-12-29-27(10-1)28-11-3-4-13-30(28)35-22-25-9-8-20-40-37(25)23-36(35)34-21-24(18-19-31(29)34)26-15-7-16-33-32-14-5-6-17-38(32)41-39(26)33/h1-23H. The highest BCUT2D eigenvalue weighted by Crippen LogP contribution is 2.50. The molecule has 190 valence electrons. The van der Waals surface area contributed by atoms with Crippen LogP contribution in [-0.2, 0) is 0 Å². The molecule has 0 saturated carbocycles. The van der Waals surface area contributed by atoms with Gasteiger partial charge in [0.2, 0.25) is 0 Å². The van der Waals surface area contributed by atoms with Crippen LogP contribution in [0.25, 0.3) is 86.7 Å². The van der Waals surface area contributed by atoms with Gasteiger partial charge >= 0.3 is 0 Å². The molecule has 0 aliphatic heterocycles. The highest BCUT2D eigenvalue weighted by atomic mass is 32.1. The molecular weight excluding hydrogens is 515 g/mol. The van der Waals surface area contributed by atoms with E-state index in [4.69, 9.17) is 4.98 Å². The zero-order valence-electron chi connectivity index (χ0n) is 22.1. The van der Waals surface area contributed by atoms with Crippen molar-refractivity contribution in [2.75, 3.05) is 0 Å². The molecule has 0 N–H and O–H groups in total. The summed E-state index contributed by atoms with van der Waals surface area (Å²) in [5, 5.41) is 3.81. The summed E-state index contributed by atoms with van der Waals surface area (Å²) in [7, 11) is 0. The highest BCUT2D eigenvalue weighted by Gasteiger charge is 2.23. The van der Waals surface area contributed by atoms with Crippen molar-refractivity contribution in [3.8, 4) is 55.6 Å². The number of aromatic nitrogens is 1. The van der Waals surface area contributed by atoms with E-state index in [0.29, 0.717) is 0 Å². The molecule has 2 heteroatoms. The fourth-order valence-electron chi connectivity index (χ4n) is 6.62. The summed E-state index contributed by atoms with van der Waals surface area (Å²) < 4.78 is 2.67. The van der Waals surface area contributed by atoms with Gasteiger partial charge in [-0.15, -0.1) is 11.3 Å². The fraction of sp³-hybridized carbons (Fsp3) is 0. The molecule has 0 amide bonds. The van der Waals surface area contributed by atoms with Crippen molar-refractivity contribution in [1.82, 2.24) is 4.98 Å². The molecule has 0 unspecified atom stereocenters. The van der Waals surface area contributed by atoms with Crippen LogP contribution in [0.15, 0.2) is 140 Å². The summed E-state index contributed by atoms with van der Waals surface area (Å²) in [5.41, 5.74) is 13.5. The molecule has 0 fully saturated rings. The van der Waals surface area contributed by atoms with Crippen LogP contribution in [0, 0.1) is 0 Å². The lowest BCUT2D eigenvalue weighted by Crippen LogP contribution is -1.98. The van der Waals surface area contributed by atoms with Gasteiger partial charge in [0.25, 0.3) is 0 Å². The Labute approximate surface area is 242 Å². The fourth-order valence-corrected chi connectivity index (χ4v) is 7.85. The first kappa shape index (κ1) is 22.7. The molecule has 1 nitrogen and oxygen atoms in total. The molecule has 1 aliphatic rings. The molecule has 41 heavy (non-hydrogen) atoms. The summed E-state index contributed by atoms with van der Waals surface area (Å²) in [6, 6.07) is 49.0. The monoisotopic (exact) mass is 537 g/mol. The van der Waals surface area contributed by atoms with E-state index < -0.39 is 0 Å². The van der Waals surface area contributed by atoms with Gasteiger partial charge in [-0.05, 0) is 86.0 Å². The summed E-state index contributed by atoms with van der Waals surface area (Å²) in [4.78, 5) is 4.76. The van der Waals surface area contributed by atoms with Crippen molar-refractivity contribution in [2.24, 2.45) is 0 Å². The van der Waals surface area contributed by atoms with E-state index in [2.05, 4.69) is 127 Å². The third-order valence-corrected chi connectivity index (χ3v) is 9.71. The van der Waals surface area contributed by atoms with E-state index >= 15 is 0 Å². The van der Waals surface area contributed by atoms with Gasteiger partial charge in [-0.2, -0.15) is 0 Å². The van der Waals surface area contributed by atoms with Crippen LogP contribution in [0.2, 0.25) is 0 Å². The van der Waals surface area contributed by atoms with E-state index in [1.165, 1.54) is 75.8 Å². The Kier molecular flexibility index (Phi) is 4.84. The van der Waals surface area contributed by atoms with Gasteiger partial charge in [-0.3, -0.25) is 4.98 Å². The van der Waals surface area contributed by atoms with E-state index in [1.807, 2.05) is 23.6 Å². The summed E-state index contributed by atoms with van der Waals surface area (Å²) in [6.07, 6.45) is 1.89. The first-order valence-electron chi connectivity index (χ1n) is 14.0. The summed E-state index contributed by atoms with van der Waals surface area (Å²) >= 11 is 1.88. The lowest BCUT2D eigenvalue weighted by Gasteiger charge is -2.24. The molecule has 0 bridgehead atoms. The van der Waals surface area contributed by atoms with Crippen molar-refractivity contribution in [2.45, 2.75) is 0 Å². The maximum Gasteiger partial charge on any atom is 0.0708 e. The lowest BCUT2D eigenvalue weighted by atomic mass is 9.79. The third-order valence-electron chi connectivity index (χ3n) is 8.49. The maximum atomic E-state index is 4.76. The van der Waals surface area contributed by atoms with Crippen LogP contribution in [0.3, 0.4) is 0 Å². The average Bonchev–Trinajstić information content (AvgIpc) is 3.42. The first-order valence-corrected chi connectivity index (χ1v) is 14.8. The van der Waals surface area contributed by atoms with E-state index in [1.54, 1.807) is 0 Å². The smallest absolute Gasteiger partial charge is 0.0708 e. The van der Waals surface area contributed by atoms with Crippen LogP contribution in [0.1, 0.15) is 0 Å². The minimum Gasteiger partial charge on any atom is -0.256 e. The Hall–Kier alpha value is -5.05. The van der Waals surface area contributed by atoms with Gasteiger partial charge in [-0.1, -0.05) is 103 Å². The Morgan fingerprint density at radius 2 is 1.02 bits per heavy atom. The normalized spacial score (nSPS) is 11.9. The maximum absolute atomic E-state index is 4.76. The number of fused-ring (bicyclic) bond motifs is 12. The predicted octanol–water partition coefficient (Wildman–Crippen LogP) is 11.3. The number of thiophene rings is 1. The Morgan fingerprint density at radius 3 is 1.83 bits per heavy atom. The quantitative estimate of drug-likeness (QED) is 0.203. The number of rotatable bonds is 1. The second kappa shape index (κ2) is 8.72. The van der Waals surface area contributed by atoms with Crippen LogP contribution >= 0.6 is 11.3 Å². The number of hydrogen-bond acceptors (Lipinski definition) is 2. The van der Waals surface area contributed by atoms with E-state index in [-0.39, 0.29) is 0 Å². The molecular formula is C39H23NS. The number of benzene rings is 6. The van der Waals surface area contributed by atoms with Gasteiger partial charge in [0.15, 0.2) is 0 Å². The summed E-state index contributed by atoms with van der Waals surface area (Å²) in [5.74, 6) is 0. The van der Waals surface area contributed by atoms with E-state index in [0.717, 1.165) is 10.9 Å². The van der Waals surface area contributed by atoms with Gasteiger partial charge < -0.3 is 0 Å². The van der Waals surface area contributed by atoms with Crippen LogP contribution in [0.5, 0.6) is 0 Å². The second-order valence-electron chi connectivity index (χ2n) is 10.7. The zero-order valence-corrected chi connectivity index (χ0v) is 23.0. The molecule has 8 aromatic rings. The molecule has 0 saturated heterocycles. The van der Waals surface area contributed by atoms with Crippen LogP contribution < -0.4 is 0 Å². The first-order chi connectivity index (χ1) is 20.3. The highest BCUT2D eigenvalue weighted by molar-refractivity contribution is 7.26. The second-order valence-corrected chi connectivity index (χ2v) is 11.8. The largest absolute Gasteiger partial charge is 0.256 e. The molecule has 9 rings (SSSR count). The number of pyridine rings is 1. The molecule has 2 heterocycles. The minimum absolute atomic E-state index is 1.01. The molecule has 6 aromatic carbocycles. The molecule has 2 aromatic heterocycles. The third kappa shape index (κ3) is 3.38. The van der Waals surface area contributed by atoms with Crippen LogP contribution in [0.4, 0.5) is 0 Å². The zero-order chi connectivity index (χ0) is 26.9. The Balaban J connectivity index is 1.40. The van der Waals surface area contributed by atoms with Crippen molar-refractivity contribution in [1.29, 1.82) is 0 Å². The van der Waals surface area contributed by atoms with Crippen molar-refractivity contribution < 1.29 is 0 Å². The molecule has 1 aliphatic carbocycles. The molecule has 0 spiro atoms. The average molecular weight is 538 g/mol. The van der Waals surface area contributed by atoms with Gasteiger partial charge in [-0.25, -0.2) is 0 Å². The van der Waals surface area contributed by atoms with Crippen molar-refractivity contribution >= 4 is 42.4 Å². The number of hydrogen-bond donors (Lipinski definition) is 0. The SMILES string of the molecule is c1ccc2c(c1)-c1ccccc1-c1cc3cccnc3cc1-c1cc(-c3cccc4c3sc3ccccc34)ccc1-2. The van der Waals surface area contributed by atoms with Crippen molar-refractivity contribution in [3.05, 3.63) is 140 Å². The Bertz CT molecular complexity index is 2320. The van der Waals surface area contributed by atoms with Gasteiger partial charge in [0, 0.05) is 31.8 Å². The minimum atomic E-state index is 1.01. The predicted molar refractivity (Wildman–Crippen MR) is 175 cm³/mol. The van der Waals surface area contributed by atoms with Crippen LogP contribution in [-0.4, -0.2) is 4.98 Å². The van der Waals surface area contributed by atoms with Gasteiger partial charge in [0.1, 0.15) is 0 Å². The molecule has 0 atom stereocenters. The summed E-state index contributed by atoms with van der Waals surface area (Å²) in [6.45, 7) is 0. The Morgan fingerprint density at radius 1 is 0.415 bits per heavy atom. The molecule has 0 radical (unpaired) electrons. The van der Waals surface area contributed by atoms with Gasteiger partial charge in [0.05, 0.1) is 5.52 Å². The topological polar surface area (TPSA) is 12.9 Å². The lowest BCUT2D eigenvalue weighted by molar-refractivity contribution is 1.41. The van der Waals surface area contributed by atoms with E-state index in [9.17, 15) is 0 Å². The van der Waals surface area contributed by atoms with Crippen molar-refractivity contribution in [3.63, 3.8) is 0 Å². The number of nitrogens with zero attached hydrogens (tertiary/aromatic N) is 1.